The lowest BCUT2D eigenvalue weighted by Gasteiger charge is -2.03. The molecular formula is C19H17N3Si. The number of nitriles is 1. The first-order chi connectivity index (χ1) is 11.0. The summed E-state index contributed by atoms with van der Waals surface area (Å²) in [5.74, 6) is 3.22. The average Bonchev–Trinajstić information content (AvgIpc) is 2.54. The fourth-order valence-corrected chi connectivity index (χ4v) is 2.19. The molecule has 0 saturated heterocycles. The summed E-state index contributed by atoms with van der Waals surface area (Å²) in [6.45, 7) is 6.62. The molecular weight excluding hydrogens is 298 g/mol. The number of hydrogen-bond acceptors (Lipinski definition) is 3. The molecule has 0 saturated carbocycles. The van der Waals surface area contributed by atoms with Gasteiger partial charge in [0.1, 0.15) is 14.1 Å². The van der Waals surface area contributed by atoms with Crippen LogP contribution >= 0.6 is 0 Å². The highest BCUT2D eigenvalue weighted by Gasteiger charge is 2.07. The molecule has 0 N–H and O–H groups in total. The molecule has 23 heavy (non-hydrogen) atoms. The van der Waals surface area contributed by atoms with Crippen LogP contribution in [-0.4, -0.2) is 14.1 Å². The minimum atomic E-state index is -1.43. The van der Waals surface area contributed by atoms with E-state index in [9.17, 15) is 0 Å². The normalized spacial score (nSPS) is 9.83. The molecule has 0 fully saturated rings. The zero-order valence-electron chi connectivity index (χ0n) is 13.5. The quantitative estimate of drug-likeness (QED) is 0.440. The van der Waals surface area contributed by atoms with E-state index in [1.165, 1.54) is 0 Å². The second-order valence-electron chi connectivity index (χ2n) is 6.00. The van der Waals surface area contributed by atoms with E-state index in [0.29, 0.717) is 11.3 Å². The summed E-state index contributed by atoms with van der Waals surface area (Å²) in [6.07, 6.45) is 0. The molecule has 0 heterocycles. The van der Waals surface area contributed by atoms with Crippen LogP contribution < -0.4 is 0 Å². The molecule has 112 valence electrons. The van der Waals surface area contributed by atoms with E-state index < -0.39 is 8.07 Å². The van der Waals surface area contributed by atoms with Crippen molar-refractivity contribution in [3.8, 4) is 17.5 Å². The van der Waals surface area contributed by atoms with Crippen molar-refractivity contribution in [3.63, 3.8) is 0 Å². The number of aliphatic imine (C=N–C) groups is 2. The van der Waals surface area contributed by atoms with E-state index in [4.69, 9.17) is 5.26 Å². The summed E-state index contributed by atoms with van der Waals surface area (Å²) < 4.78 is 0. The van der Waals surface area contributed by atoms with Gasteiger partial charge in [0, 0.05) is 0 Å². The van der Waals surface area contributed by atoms with Gasteiger partial charge in [-0.3, -0.25) is 0 Å². The second-order valence-corrected chi connectivity index (χ2v) is 10.7. The third kappa shape index (κ3) is 5.41. The highest BCUT2D eigenvalue weighted by atomic mass is 28.3. The summed E-state index contributed by atoms with van der Waals surface area (Å²) in [5.41, 5.74) is 6.30. The van der Waals surface area contributed by atoms with Gasteiger partial charge in [-0.25, -0.2) is 0 Å². The summed E-state index contributed by atoms with van der Waals surface area (Å²) in [6, 6.07) is 19.5. The first kappa shape index (κ1) is 16.5. The van der Waals surface area contributed by atoms with E-state index in [2.05, 4.69) is 53.2 Å². The molecule has 3 nitrogen and oxygen atoms in total. The number of hydrogen-bond donors (Lipinski definition) is 0. The number of rotatable bonds is 2. The van der Waals surface area contributed by atoms with Crippen LogP contribution in [0, 0.1) is 22.8 Å². The monoisotopic (exact) mass is 315 g/mol. The van der Waals surface area contributed by atoms with E-state index in [0.717, 1.165) is 11.3 Å². The van der Waals surface area contributed by atoms with E-state index in [1.54, 1.807) is 24.3 Å². The maximum Gasteiger partial charge on any atom is 0.129 e. The molecule has 0 spiro atoms. The highest BCUT2D eigenvalue weighted by Crippen LogP contribution is 2.17. The zero-order chi connectivity index (χ0) is 16.7. The fourth-order valence-electron chi connectivity index (χ4n) is 1.68. The minimum Gasteiger partial charge on any atom is -0.192 e. The molecule has 0 unspecified atom stereocenters. The van der Waals surface area contributed by atoms with Gasteiger partial charge < -0.3 is 0 Å². The molecule has 0 aromatic heterocycles. The van der Waals surface area contributed by atoms with Crippen molar-refractivity contribution in [2.24, 2.45) is 9.98 Å². The largest absolute Gasteiger partial charge is 0.192 e. The third-order valence-corrected chi connectivity index (χ3v) is 3.70. The van der Waals surface area contributed by atoms with Crippen molar-refractivity contribution >= 4 is 25.5 Å². The third-order valence-electron chi connectivity index (χ3n) is 2.82. The van der Waals surface area contributed by atoms with Crippen LogP contribution in [0.1, 0.15) is 11.1 Å². The Morgan fingerprint density at radius 1 is 0.913 bits per heavy atom. The number of benzene rings is 2. The lowest BCUT2D eigenvalue weighted by atomic mass is 10.2. The Labute approximate surface area is 138 Å². The summed E-state index contributed by atoms with van der Waals surface area (Å²) in [4.78, 5) is 8.44. The van der Waals surface area contributed by atoms with E-state index in [-0.39, 0.29) is 0 Å². The van der Waals surface area contributed by atoms with Crippen molar-refractivity contribution < 1.29 is 0 Å². The Balaban J connectivity index is 2.27. The molecule has 0 amide bonds. The van der Waals surface area contributed by atoms with Crippen LogP contribution in [0.15, 0.2) is 58.5 Å². The molecule has 0 aliphatic heterocycles. The van der Waals surface area contributed by atoms with Crippen molar-refractivity contribution in [2.75, 3.05) is 0 Å². The Hall–Kier alpha value is -2.91. The van der Waals surface area contributed by atoms with Gasteiger partial charge in [0.15, 0.2) is 0 Å². The fraction of sp³-hybridized carbons (Fsp3) is 0.158. The topological polar surface area (TPSA) is 48.5 Å². The molecule has 0 radical (unpaired) electrons. The summed E-state index contributed by atoms with van der Waals surface area (Å²) in [7, 11) is -1.43. The van der Waals surface area contributed by atoms with E-state index >= 15 is 0 Å². The first-order valence-corrected chi connectivity index (χ1v) is 10.8. The lowest BCUT2D eigenvalue weighted by Crippen LogP contribution is -2.16. The zero-order valence-corrected chi connectivity index (χ0v) is 14.5. The van der Waals surface area contributed by atoms with Crippen LogP contribution in [0.2, 0.25) is 19.6 Å². The van der Waals surface area contributed by atoms with Crippen LogP contribution in [0.4, 0.5) is 11.4 Å². The van der Waals surface area contributed by atoms with Crippen molar-refractivity contribution in [2.45, 2.75) is 19.6 Å². The van der Waals surface area contributed by atoms with Crippen LogP contribution in [0.5, 0.6) is 0 Å². The second kappa shape index (κ2) is 7.38. The molecule has 2 aromatic rings. The molecule has 0 bridgehead atoms. The van der Waals surface area contributed by atoms with Crippen molar-refractivity contribution in [1.29, 1.82) is 5.26 Å². The van der Waals surface area contributed by atoms with Gasteiger partial charge in [-0.05, 0) is 36.4 Å². The van der Waals surface area contributed by atoms with Gasteiger partial charge in [-0.2, -0.15) is 15.2 Å². The molecule has 0 aliphatic carbocycles. The molecule has 4 heteroatoms. The minimum absolute atomic E-state index is 0.604. The predicted molar refractivity (Wildman–Crippen MR) is 97.0 cm³/mol. The highest BCUT2D eigenvalue weighted by molar-refractivity contribution is 6.83. The summed E-state index contributed by atoms with van der Waals surface area (Å²) in [5, 5.41) is 8.77. The van der Waals surface area contributed by atoms with E-state index in [1.807, 2.05) is 24.3 Å². The SMILES string of the molecule is C[Si](C)(C)C#Cc1ccccc1N=C=Nc1ccc(C#N)cc1. The van der Waals surface area contributed by atoms with Crippen LogP contribution in [0.3, 0.4) is 0 Å². The Morgan fingerprint density at radius 3 is 2.26 bits per heavy atom. The van der Waals surface area contributed by atoms with Gasteiger partial charge >= 0.3 is 0 Å². The maximum atomic E-state index is 8.77. The molecule has 0 aliphatic rings. The van der Waals surface area contributed by atoms with Crippen LogP contribution in [-0.2, 0) is 0 Å². The van der Waals surface area contributed by atoms with Gasteiger partial charge in [0.2, 0.25) is 0 Å². The van der Waals surface area contributed by atoms with Gasteiger partial charge in [0.25, 0.3) is 0 Å². The Bertz CT molecular complexity index is 850. The molecule has 2 rings (SSSR count). The first-order valence-electron chi connectivity index (χ1n) is 7.27. The number of nitrogens with zero attached hydrogens (tertiary/aromatic N) is 3. The van der Waals surface area contributed by atoms with Crippen molar-refractivity contribution in [3.05, 3.63) is 59.7 Å². The van der Waals surface area contributed by atoms with Crippen molar-refractivity contribution in [1.82, 2.24) is 0 Å². The lowest BCUT2D eigenvalue weighted by molar-refractivity contribution is 1.45. The standard InChI is InChI=1S/C19H17N3Si/c1-23(2,3)13-12-17-6-4-5-7-19(17)22-15-21-18-10-8-16(14-20)9-11-18/h4-11H,1-3H3. The Kier molecular flexibility index (Phi) is 5.28. The predicted octanol–water partition coefficient (Wildman–Crippen LogP) is 4.92. The molecule has 0 atom stereocenters. The smallest absolute Gasteiger partial charge is 0.129 e. The van der Waals surface area contributed by atoms with Crippen LogP contribution in [0.25, 0.3) is 0 Å². The number of para-hydroxylation sites is 1. The van der Waals surface area contributed by atoms with Gasteiger partial charge in [-0.1, -0.05) is 37.7 Å². The molecule has 2 aromatic carbocycles. The van der Waals surface area contributed by atoms with Gasteiger partial charge in [0.05, 0.1) is 28.6 Å². The average molecular weight is 315 g/mol. The van der Waals surface area contributed by atoms with Gasteiger partial charge in [-0.15, -0.1) is 5.54 Å². The Morgan fingerprint density at radius 2 is 1.61 bits per heavy atom. The maximum absolute atomic E-state index is 8.77. The summed E-state index contributed by atoms with van der Waals surface area (Å²) >= 11 is 0.